The van der Waals surface area contributed by atoms with Gasteiger partial charge < -0.3 is 10.2 Å². The molecule has 28 heavy (non-hydrogen) atoms. The molecule has 1 N–H and O–H groups in total. The molecular formula is C22H22ClN3OS. The molecule has 0 aliphatic carbocycles. The number of nitrogens with one attached hydrogen (secondary N) is 1. The van der Waals surface area contributed by atoms with Crippen LogP contribution in [0.4, 0.5) is 11.4 Å². The van der Waals surface area contributed by atoms with E-state index in [1.807, 2.05) is 25.1 Å². The summed E-state index contributed by atoms with van der Waals surface area (Å²) in [6.07, 6.45) is 4.46. The zero-order chi connectivity index (χ0) is 19.7. The van der Waals surface area contributed by atoms with Gasteiger partial charge in [-0.05, 0) is 85.5 Å². The fraction of sp³-hybridized carbons (Fsp3) is 0.273. The molecule has 0 bridgehead atoms. The number of aryl methyl sites for hydroxylation is 2. The molecule has 2 aromatic carbocycles. The summed E-state index contributed by atoms with van der Waals surface area (Å²) in [6, 6.07) is 12.0. The molecule has 4 rings (SSSR count). The standard InChI is InChI=1S/C22H22ClN3OS/c1-14-5-7-17(23)13-19(14)24-22-25-21(27)20(28-22)12-16-6-8-18(11-15(16)2)26-9-3-4-10-26/h5-8,11-13H,3-4,9-10H2,1-2H3,(H,24,25,27)/b20-12-. The molecule has 1 amide bonds. The monoisotopic (exact) mass is 411 g/mol. The average molecular weight is 412 g/mol. The Morgan fingerprint density at radius 1 is 1.11 bits per heavy atom. The Morgan fingerprint density at radius 2 is 1.89 bits per heavy atom. The minimum atomic E-state index is -0.119. The van der Waals surface area contributed by atoms with Crippen LogP contribution in [0, 0.1) is 13.8 Å². The summed E-state index contributed by atoms with van der Waals surface area (Å²) >= 11 is 7.42. The Balaban J connectivity index is 1.56. The number of hydrogen-bond donors (Lipinski definition) is 1. The molecule has 2 heterocycles. The van der Waals surface area contributed by atoms with Gasteiger partial charge in [0.1, 0.15) is 0 Å². The molecule has 2 fully saturated rings. The minimum absolute atomic E-state index is 0.119. The third kappa shape index (κ3) is 4.10. The number of amidine groups is 1. The number of aliphatic imine (C=N–C) groups is 1. The zero-order valence-electron chi connectivity index (χ0n) is 16.0. The second-order valence-electron chi connectivity index (χ2n) is 7.15. The van der Waals surface area contributed by atoms with Crippen LogP contribution in [-0.2, 0) is 4.79 Å². The van der Waals surface area contributed by atoms with Crippen molar-refractivity contribution in [3.8, 4) is 0 Å². The van der Waals surface area contributed by atoms with Gasteiger partial charge in [-0.15, -0.1) is 0 Å². The molecule has 0 unspecified atom stereocenters. The van der Waals surface area contributed by atoms with Crippen molar-refractivity contribution in [2.24, 2.45) is 4.99 Å². The highest BCUT2D eigenvalue weighted by molar-refractivity contribution is 8.18. The first-order valence-electron chi connectivity index (χ1n) is 9.41. The smallest absolute Gasteiger partial charge is 0.264 e. The fourth-order valence-corrected chi connectivity index (χ4v) is 4.42. The maximum atomic E-state index is 12.4. The fourth-order valence-electron chi connectivity index (χ4n) is 3.43. The molecule has 2 aromatic rings. The molecule has 144 valence electrons. The van der Waals surface area contributed by atoms with Crippen LogP contribution in [-0.4, -0.2) is 24.2 Å². The summed E-state index contributed by atoms with van der Waals surface area (Å²) in [7, 11) is 0. The Kier molecular flexibility index (Phi) is 5.47. The van der Waals surface area contributed by atoms with E-state index in [-0.39, 0.29) is 5.91 Å². The van der Waals surface area contributed by atoms with Gasteiger partial charge in [0.2, 0.25) is 0 Å². The van der Waals surface area contributed by atoms with E-state index in [1.165, 1.54) is 35.9 Å². The molecule has 0 aromatic heterocycles. The summed E-state index contributed by atoms with van der Waals surface area (Å²) in [4.78, 5) is 20.0. The van der Waals surface area contributed by atoms with Gasteiger partial charge in [0.25, 0.3) is 5.91 Å². The van der Waals surface area contributed by atoms with Crippen LogP contribution in [0.15, 0.2) is 46.3 Å². The number of carbonyl (C=O) groups is 1. The predicted molar refractivity (Wildman–Crippen MR) is 120 cm³/mol. The molecule has 2 saturated heterocycles. The molecular weight excluding hydrogens is 390 g/mol. The maximum absolute atomic E-state index is 12.4. The Bertz CT molecular complexity index is 993. The highest BCUT2D eigenvalue weighted by Gasteiger charge is 2.24. The Hall–Kier alpha value is -2.24. The van der Waals surface area contributed by atoms with Crippen molar-refractivity contribution in [2.75, 3.05) is 18.0 Å². The Labute approximate surface area is 174 Å². The van der Waals surface area contributed by atoms with E-state index in [9.17, 15) is 4.79 Å². The van der Waals surface area contributed by atoms with Crippen LogP contribution < -0.4 is 10.2 Å². The zero-order valence-corrected chi connectivity index (χ0v) is 17.5. The van der Waals surface area contributed by atoms with Crippen molar-refractivity contribution in [3.63, 3.8) is 0 Å². The quantitative estimate of drug-likeness (QED) is 0.683. The van der Waals surface area contributed by atoms with Gasteiger partial charge in [-0.2, -0.15) is 0 Å². The number of halogens is 1. The van der Waals surface area contributed by atoms with Gasteiger partial charge in [-0.3, -0.25) is 4.79 Å². The number of benzene rings is 2. The minimum Gasteiger partial charge on any atom is -0.372 e. The first-order valence-corrected chi connectivity index (χ1v) is 10.6. The number of rotatable bonds is 3. The molecule has 0 radical (unpaired) electrons. The molecule has 2 aliphatic rings. The molecule has 0 saturated carbocycles. The lowest BCUT2D eigenvalue weighted by molar-refractivity contribution is -0.115. The molecule has 0 spiro atoms. The summed E-state index contributed by atoms with van der Waals surface area (Å²) in [5.74, 6) is -0.119. The van der Waals surface area contributed by atoms with Crippen LogP contribution >= 0.6 is 23.4 Å². The van der Waals surface area contributed by atoms with E-state index >= 15 is 0 Å². The lowest BCUT2D eigenvalue weighted by Crippen LogP contribution is -2.19. The summed E-state index contributed by atoms with van der Waals surface area (Å²) in [5, 5.41) is 4.05. The summed E-state index contributed by atoms with van der Waals surface area (Å²) in [5.41, 5.74) is 5.27. The topological polar surface area (TPSA) is 44.7 Å². The van der Waals surface area contributed by atoms with Crippen LogP contribution in [0.25, 0.3) is 6.08 Å². The molecule has 6 heteroatoms. The third-order valence-electron chi connectivity index (χ3n) is 5.06. The van der Waals surface area contributed by atoms with E-state index in [2.05, 4.69) is 40.3 Å². The van der Waals surface area contributed by atoms with Gasteiger partial charge in [0.05, 0.1) is 10.6 Å². The van der Waals surface area contributed by atoms with Crippen molar-refractivity contribution in [1.29, 1.82) is 0 Å². The van der Waals surface area contributed by atoms with Crippen molar-refractivity contribution in [2.45, 2.75) is 26.7 Å². The van der Waals surface area contributed by atoms with Crippen molar-refractivity contribution in [1.82, 2.24) is 5.32 Å². The normalized spacial score (nSPS) is 19.7. The van der Waals surface area contributed by atoms with Crippen molar-refractivity contribution < 1.29 is 4.79 Å². The van der Waals surface area contributed by atoms with E-state index in [4.69, 9.17) is 11.6 Å². The average Bonchev–Trinajstić information content (AvgIpc) is 3.30. The van der Waals surface area contributed by atoms with Gasteiger partial charge in [0.15, 0.2) is 5.17 Å². The highest BCUT2D eigenvalue weighted by Crippen LogP contribution is 2.31. The maximum Gasteiger partial charge on any atom is 0.264 e. The lowest BCUT2D eigenvalue weighted by Gasteiger charge is -2.18. The number of carbonyl (C=O) groups excluding carboxylic acids is 1. The van der Waals surface area contributed by atoms with Crippen LogP contribution in [0.1, 0.15) is 29.5 Å². The predicted octanol–water partition coefficient (Wildman–Crippen LogP) is 5.45. The summed E-state index contributed by atoms with van der Waals surface area (Å²) < 4.78 is 0. The van der Waals surface area contributed by atoms with Crippen molar-refractivity contribution >= 4 is 51.9 Å². The number of amides is 1. The van der Waals surface area contributed by atoms with Gasteiger partial charge in [0, 0.05) is 23.8 Å². The summed E-state index contributed by atoms with van der Waals surface area (Å²) in [6.45, 7) is 6.31. The first kappa shape index (κ1) is 19.1. The van der Waals surface area contributed by atoms with E-state index in [0.717, 1.165) is 29.9 Å². The first-order chi connectivity index (χ1) is 13.5. The molecule has 2 aliphatic heterocycles. The Morgan fingerprint density at radius 3 is 2.64 bits per heavy atom. The van der Waals surface area contributed by atoms with E-state index < -0.39 is 0 Å². The third-order valence-corrected chi connectivity index (χ3v) is 6.20. The number of hydrogen-bond acceptors (Lipinski definition) is 4. The van der Waals surface area contributed by atoms with Crippen LogP contribution in [0.2, 0.25) is 5.02 Å². The second-order valence-corrected chi connectivity index (χ2v) is 8.61. The lowest BCUT2D eigenvalue weighted by atomic mass is 10.1. The molecule has 4 nitrogen and oxygen atoms in total. The van der Waals surface area contributed by atoms with Crippen molar-refractivity contribution in [3.05, 3.63) is 63.0 Å². The van der Waals surface area contributed by atoms with Gasteiger partial charge in [-0.25, -0.2) is 4.99 Å². The highest BCUT2D eigenvalue weighted by atomic mass is 35.5. The SMILES string of the molecule is Cc1cc(N2CCCC2)ccc1/C=C1\SC(=Nc2cc(Cl)ccc2C)NC1=O. The molecule has 0 atom stereocenters. The largest absolute Gasteiger partial charge is 0.372 e. The second kappa shape index (κ2) is 8.02. The van der Waals surface area contributed by atoms with Crippen LogP contribution in [0.5, 0.6) is 0 Å². The number of nitrogens with zero attached hydrogens (tertiary/aromatic N) is 2. The van der Waals surface area contributed by atoms with Gasteiger partial charge in [-0.1, -0.05) is 23.7 Å². The number of anilines is 1. The van der Waals surface area contributed by atoms with Crippen LogP contribution in [0.3, 0.4) is 0 Å². The van der Waals surface area contributed by atoms with E-state index in [0.29, 0.717) is 15.1 Å². The van der Waals surface area contributed by atoms with E-state index in [1.54, 1.807) is 6.07 Å². The number of thioether (sulfide) groups is 1. The van der Waals surface area contributed by atoms with Gasteiger partial charge >= 0.3 is 0 Å².